The van der Waals surface area contributed by atoms with Crippen molar-refractivity contribution in [3.8, 4) is 5.75 Å². The molecule has 9 heteroatoms. The molecule has 0 bridgehead atoms. The van der Waals surface area contributed by atoms with Crippen LogP contribution in [-0.4, -0.2) is 10.9 Å². The van der Waals surface area contributed by atoms with Gasteiger partial charge in [-0.25, -0.2) is 19.6 Å². The molecule has 0 spiro atoms. The summed E-state index contributed by atoms with van der Waals surface area (Å²) in [5, 5.41) is 1.75. The third-order valence-corrected chi connectivity index (χ3v) is 3.68. The van der Waals surface area contributed by atoms with Gasteiger partial charge in [0.1, 0.15) is 12.4 Å². The molecule has 0 atom stereocenters. The summed E-state index contributed by atoms with van der Waals surface area (Å²) in [5.74, 6) is 2.80. The van der Waals surface area contributed by atoms with E-state index < -0.39 is 17.5 Å². The number of thiazole rings is 1. The van der Waals surface area contributed by atoms with E-state index in [0.717, 1.165) is 17.4 Å². The number of carbonyl (C=O) groups is 1. The molecule has 2 aromatic rings. The molecule has 0 saturated heterocycles. The predicted molar refractivity (Wildman–Crippen MR) is 72.2 cm³/mol. The Morgan fingerprint density at radius 2 is 2.25 bits per heavy atom. The van der Waals surface area contributed by atoms with E-state index in [1.54, 1.807) is 5.38 Å². The van der Waals surface area contributed by atoms with Crippen LogP contribution >= 0.6 is 27.3 Å². The molecule has 106 valence electrons. The summed E-state index contributed by atoms with van der Waals surface area (Å²) < 4.78 is 31.8. The van der Waals surface area contributed by atoms with Crippen molar-refractivity contribution in [2.75, 3.05) is 0 Å². The Hall–Kier alpha value is -1.58. The number of nitrogens with zero attached hydrogens (tertiary/aromatic N) is 1. The number of ether oxygens (including phenoxy) is 1. The van der Waals surface area contributed by atoms with E-state index >= 15 is 0 Å². The van der Waals surface area contributed by atoms with Gasteiger partial charge >= 0.3 is 0 Å². The summed E-state index contributed by atoms with van der Waals surface area (Å²) >= 11 is 4.09. The topological polar surface area (TPSA) is 77.2 Å². The van der Waals surface area contributed by atoms with Crippen LogP contribution in [0.1, 0.15) is 15.5 Å². The van der Waals surface area contributed by atoms with E-state index in [1.165, 1.54) is 0 Å². The van der Waals surface area contributed by atoms with Crippen LogP contribution in [0.15, 0.2) is 22.0 Å². The molecule has 1 aromatic carbocycles. The van der Waals surface area contributed by atoms with Crippen molar-refractivity contribution in [3.63, 3.8) is 0 Å². The quantitative estimate of drug-likeness (QED) is 0.496. The number of nitrogens with two attached hydrogens (primary N) is 1. The fourth-order valence-electron chi connectivity index (χ4n) is 1.35. The Balaban J connectivity index is 2.09. The van der Waals surface area contributed by atoms with Gasteiger partial charge in [-0.2, -0.15) is 0 Å². The van der Waals surface area contributed by atoms with E-state index in [9.17, 15) is 13.6 Å². The number of amides is 1. The molecule has 0 aliphatic rings. The molecule has 20 heavy (non-hydrogen) atoms. The van der Waals surface area contributed by atoms with Crippen LogP contribution in [0.5, 0.6) is 5.75 Å². The average Bonchev–Trinajstić information content (AvgIpc) is 2.85. The number of hydrogen-bond acceptors (Lipinski definition) is 5. The zero-order chi connectivity index (χ0) is 14.7. The number of hydrazine groups is 1. The van der Waals surface area contributed by atoms with Crippen LogP contribution < -0.4 is 16.0 Å². The van der Waals surface area contributed by atoms with E-state index in [4.69, 9.17) is 10.6 Å². The molecule has 3 N–H and O–H groups in total. The van der Waals surface area contributed by atoms with Crippen molar-refractivity contribution in [2.45, 2.75) is 6.61 Å². The monoisotopic (exact) mass is 363 g/mol. The van der Waals surface area contributed by atoms with Gasteiger partial charge < -0.3 is 4.74 Å². The Bertz CT molecular complexity index is 627. The zero-order valence-corrected chi connectivity index (χ0v) is 12.2. The minimum atomic E-state index is -0.827. The van der Waals surface area contributed by atoms with E-state index in [1.807, 2.05) is 5.43 Å². The minimum Gasteiger partial charge on any atom is -0.483 e. The Labute approximate surface area is 124 Å². The van der Waals surface area contributed by atoms with Crippen molar-refractivity contribution in [1.82, 2.24) is 10.4 Å². The van der Waals surface area contributed by atoms with Crippen LogP contribution in [-0.2, 0) is 6.61 Å². The second kappa shape index (κ2) is 6.25. The summed E-state index contributed by atoms with van der Waals surface area (Å²) in [6, 6.07) is 1.81. The van der Waals surface area contributed by atoms with Crippen molar-refractivity contribution in [1.29, 1.82) is 0 Å². The van der Waals surface area contributed by atoms with Crippen molar-refractivity contribution >= 4 is 33.2 Å². The lowest BCUT2D eigenvalue weighted by Crippen LogP contribution is -2.29. The van der Waals surface area contributed by atoms with Gasteiger partial charge in [0, 0.05) is 11.4 Å². The number of carbonyl (C=O) groups excluding carboxylic acids is 1. The molecule has 1 heterocycles. The van der Waals surface area contributed by atoms with Crippen molar-refractivity contribution < 1.29 is 18.3 Å². The molecule has 1 aromatic heterocycles. The SMILES string of the molecule is NNC(=O)c1nc(COc2c(F)cc(F)cc2Br)cs1. The second-order valence-corrected chi connectivity index (χ2v) is 5.32. The van der Waals surface area contributed by atoms with Gasteiger partial charge in [-0.05, 0) is 22.0 Å². The summed E-state index contributed by atoms with van der Waals surface area (Å²) in [6.45, 7) is -0.0600. The zero-order valence-electron chi connectivity index (χ0n) is 9.82. The third kappa shape index (κ3) is 3.30. The van der Waals surface area contributed by atoms with Gasteiger partial charge in [0.2, 0.25) is 0 Å². The first-order chi connectivity index (χ1) is 9.51. The Kier molecular flexibility index (Phi) is 4.63. The van der Waals surface area contributed by atoms with Gasteiger partial charge in [0.05, 0.1) is 10.2 Å². The lowest BCUT2D eigenvalue weighted by Gasteiger charge is -2.07. The van der Waals surface area contributed by atoms with Crippen LogP contribution in [0.25, 0.3) is 0 Å². The smallest absolute Gasteiger partial charge is 0.294 e. The molecular weight excluding hydrogens is 356 g/mol. The molecule has 0 saturated carbocycles. The third-order valence-electron chi connectivity index (χ3n) is 2.20. The number of aromatic nitrogens is 1. The van der Waals surface area contributed by atoms with Gasteiger partial charge in [-0.3, -0.25) is 10.2 Å². The molecule has 0 aliphatic heterocycles. The number of rotatable bonds is 4. The van der Waals surface area contributed by atoms with Gasteiger partial charge in [-0.1, -0.05) is 0 Å². The predicted octanol–water partition coefficient (Wildman–Crippen LogP) is 2.37. The number of nitrogen functional groups attached to an aromatic ring is 1. The highest BCUT2D eigenvalue weighted by Crippen LogP contribution is 2.30. The standard InChI is InChI=1S/C11H8BrF2N3O2S/c12-7-1-5(13)2-8(14)9(7)19-3-6-4-20-11(16-6)10(18)17-15/h1-2,4H,3,15H2,(H,17,18). The largest absolute Gasteiger partial charge is 0.483 e. The highest BCUT2D eigenvalue weighted by Gasteiger charge is 2.13. The maximum Gasteiger partial charge on any atom is 0.294 e. The fraction of sp³-hybridized carbons (Fsp3) is 0.0909. The highest BCUT2D eigenvalue weighted by molar-refractivity contribution is 9.10. The lowest BCUT2D eigenvalue weighted by atomic mass is 10.3. The first-order valence-corrected chi connectivity index (χ1v) is 6.91. The number of hydrogen-bond donors (Lipinski definition) is 2. The number of halogens is 3. The fourth-order valence-corrected chi connectivity index (χ4v) is 2.58. The van der Waals surface area contributed by atoms with Gasteiger partial charge in [-0.15, -0.1) is 11.3 Å². The summed E-state index contributed by atoms with van der Waals surface area (Å²) in [5.41, 5.74) is 2.39. The van der Waals surface area contributed by atoms with Crippen molar-refractivity contribution in [2.24, 2.45) is 5.84 Å². The maximum absolute atomic E-state index is 13.5. The van der Waals surface area contributed by atoms with E-state index in [2.05, 4.69) is 20.9 Å². The molecule has 0 unspecified atom stereocenters. The van der Waals surface area contributed by atoms with Crippen LogP contribution in [0.4, 0.5) is 8.78 Å². The lowest BCUT2D eigenvalue weighted by molar-refractivity contribution is 0.0953. The average molecular weight is 364 g/mol. The highest BCUT2D eigenvalue weighted by atomic mass is 79.9. The molecule has 0 fully saturated rings. The van der Waals surface area contributed by atoms with E-state index in [0.29, 0.717) is 11.8 Å². The first-order valence-electron chi connectivity index (χ1n) is 5.24. The van der Waals surface area contributed by atoms with Gasteiger partial charge in [0.15, 0.2) is 16.6 Å². The Morgan fingerprint density at radius 3 is 2.90 bits per heavy atom. The normalized spacial score (nSPS) is 10.4. The molecule has 2 rings (SSSR count). The van der Waals surface area contributed by atoms with E-state index in [-0.39, 0.29) is 21.8 Å². The molecule has 0 aliphatic carbocycles. The maximum atomic E-state index is 13.5. The summed E-state index contributed by atoms with van der Waals surface area (Å²) in [4.78, 5) is 15.2. The number of nitrogens with one attached hydrogen (secondary N) is 1. The molecule has 5 nitrogen and oxygen atoms in total. The Morgan fingerprint density at radius 1 is 1.50 bits per heavy atom. The van der Waals surface area contributed by atoms with Crippen molar-refractivity contribution in [3.05, 3.63) is 44.3 Å². The summed E-state index contributed by atoms with van der Waals surface area (Å²) in [7, 11) is 0. The number of benzene rings is 1. The molecule has 1 amide bonds. The summed E-state index contributed by atoms with van der Waals surface area (Å²) in [6.07, 6.45) is 0. The van der Waals surface area contributed by atoms with Gasteiger partial charge in [0.25, 0.3) is 5.91 Å². The molecule has 0 radical (unpaired) electrons. The van der Waals surface area contributed by atoms with Crippen LogP contribution in [0, 0.1) is 11.6 Å². The molecular formula is C11H8BrF2N3O2S. The first kappa shape index (κ1) is 14.8. The minimum absolute atomic E-state index is 0.0600. The van der Waals surface area contributed by atoms with Crippen LogP contribution in [0.3, 0.4) is 0 Å². The second-order valence-electron chi connectivity index (χ2n) is 3.60. The van der Waals surface area contributed by atoms with Crippen LogP contribution in [0.2, 0.25) is 0 Å².